The molecule has 3 atom stereocenters. The fourth-order valence-corrected chi connectivity index (χ4v) is 2.68. The monoisotopic (exact) mass is 222 g/mol. The van der Waals surface area contributed by atoms with Gasteiger partial charge in [-0.25, -0.2) is 0 Å². The summed E-state index contributed by atoms with van der Waals surface area (Å²) in [4.78, 5) is 0. The third kappa shape index (κ3) is 3.04. The molecule has 2 rings (SSSR count). The summed E-state index contributed by atoms with van der Waals surface area (Å²) in [5.41, 5.74) is 0. The molecule has 1 fully saturated rings. The topological polar surface area (TPSA) is 42.7 Å². The van der Waals surface area contributed by atoms with E-state index in [-0.39, 0.29) is 0 Å². The first-order valence-corrected chi connectivity index (χ1v) is 6.36. The number of hydrogen-bond donors (Lipinski definition) is 1. The molecule has 1 aliphatic rings. The van der Waals surface area contributed by atoms with E-state index >= 15 is 0 Å². The summed E-state index contributed by atoms with van der Waals surface area (Å²) in [5, 5.41) is 11.3. The molecule has 90 valence electrons. The van der Waals surface area contributed by atoms with E-state index in [1.807, 2.05) is 4.57 Å². The zero-order valence-electron chi connectivity index (χ0n) is 10.3. The van der Waals surface area contributed by atoms with E-state index in [4.69, 9.17) is 0 Å². The van der Waals surface area contributed by atoms with E-state index in [0.29, 0.717) is 6.04 Å². The Morgan fingerprint density at radius 3 is 2.75 bits per heavy atom. The van der Waals surface area contributed by atoms with Crippen molar-refractivity contribution < 1.29 is 0 Å². The number of nitrogens with one attached hydrogen (secondary N) is 1. The minimum atomic E-state index is 0.497. The number of nitrogens with zero attached hydrogens (tertiary/aromatic N) is 3. The van der Waals surface area contributed by atoms with Gasteiger partial charge in [0.25, 0.3) is 0 Å². The maximum Gasteiger partial charge on any atom is 0.119 e. The van der Waals surface area contributed by atoms with Crippen LogP contribution in [0.15, 0.2) is 12.7 Å². The molecule has 4 nitrogen and oxygen atoms in total. The van der Waals surface area contributed by atoms with Crippen molar-refractivity contribution in [3.8, 4) is 0 Å². The molecule has 0 saturated heterocycles. The van der Waals surface area contributed by atoms with Crippen molar-refractivity contribution in [2.24, 2.45) is 5.92 Å². The fraction of sp³-hybridized carbons (Fsp3) is 0.833. The Kier molecular flexibility index (Phi) is 3.93. The SMILES string of the molecule is CCC1CCC(NC(C)Cn2cnnc2)C1. The summed E-state index contributed by atoms with van der Waals surface area (Å²) in [6, 6.07) is 1.22. The van der Waals surface area contributed by atoms with Crippen LogP contribution in [0.25, 0.3) is 0 Å². The third-order valence-electron chi connectivity index (χ3n) is 3.59. The zero-order valence-corrected chi connectivity index (χ0v) is 10.3. The molecule has 1 aromatic heterocycles. The van der Waals surface area contributed by atoms with Gasteiger partial charge in [-0.05, 0) is 32.1 Å². The maximum atomic E-state index is 3.82. The molecule has 0 spiro atoms. The van der Waals surface area contributed by atoms with Gasteiger partial charge in [0.2, 0.25) is 0 Å². The van der Waals surface area contributed by atoms with E-state index in [2.05, 4.69) is 29.4 Å². The van der Waals surface area contributed by atoms with Crippen LogP contribution in [0.3, 0.4) is 0 Å². The smallest absolute Gasteiger partial charge is 0.119 e. The lowest BCUT2D eigenvalue weighted by molar-refractivity contribution is 0.398. The van der Waals surface area contributed by atoms with E-state index in [1.165, 1.54) is 25.7 Å². The van der Waals surface area contributed by atoms with Crippen molar-refractivity contribution in [1.82, 2.24) is 20.1 Å². The van der Waals surface area contributed by atoms with Gasteiger partial charge in [-0.15, -0.1) is 10.2 Å². The molecule has 4 heteroatoms. The first-order chi connectivity index (χ1) is 7.78. The molecule has 1 N–H and O–H groups in total. The molecule has 1 aromatic rings. The van der Waals surface area contributed by atoms with Gasteiger partial charge in [-0.1, -0.05) is 13.3 Å². The van der Waals surface area contributed by atoms with Gasteiger partial charge in [-0.2, -0.15) is 0 Å². The molecule has 3 unspecified atom stereocenters. The standard InChI is InChI=1S/C12H22N4/c1-3-11-4-5-12(6-11)15-10(2)7-16-8-13-14-9-16/h8-12,15H,3-7H2,1-2H3. The first kappa shape index (κ1) is 11.6. The van der Waals surface area contributed by atoms with Crippen LogP contribution >= 0.6 is 0 Å². The molecule has 0 aliphatic heterocycles. The minimum Gasteiger partial charge on any atom is -0.319 e. The lowest BCUT2D eigenvalue weighted by Gasteiger charge is -2.19. The second-order valence-corrected chi connectivity index (χ2v) is 5.01. The Morgan fingerprint density at radius 1 is 1.38 bits per heavy atom. The first-order valence-electron chi connectivity index (χ1n) is 6.36. The molecule has 0 radical (unpaired) electrons. The highest BCUT2D eigenvalue weighted by atomic mass is 15.2. The van der Waals surface area contributed by atoms with Gasteiger partial charge in [0, 0.05) is 18.6 Å². The molecule has 1 heterocycles. The lowest BCUT2D eigenvalue weighted by atomic mass is 10.1. The highest BCUT2D eigenvalue weighted by Crippen LogP contribution is 2.28. The predicted octanol–water partition coefficient (Wildman–Crippen LogP) is 1.83. The Balaban J connectivity index is 1.73. The van der Waals surface area contributed by atoms with E-state index < -0.39 is 0 Å². The Labute approximate surface area is 97.5 Å². The van der Waals surface area contributed by atoms with Gasteiger partial charge in [0.1, 0.15) is 12.7 Å². The van der Waals surface area contributed by atoms with Gasteiger partial charge >= 0.3 is 0 Å². The van der Waals surface area contributed by atoms with Crippen LogP contribution in [0, 0.1) is 5.92 Å². The molecule has 0 amide bonds. The summed E-state index contributed by atoms with van der Waals surface area (Å²) < 4.78 is 2.03. The van der Waals surface area contributed by atoms with Crippen LogP contribution in [0.4, 0.5) is 0 Å². The van der Waals surface area contributed by atoms with Crippen molar-refractivity contribution in [1.29, 1.82) is 0 Å². The second kappa shape index (κ2) is 5.43. The summed E-state index contributed by atoms with van der Waals surface area (Å²) in [6.07, 6.45) is 8.98. The number of hydrogen-bond acceptors (Lipinski definition) is 3. The average molecular weight is 222 g/mol. The maximum absolute atomic E-state index is 3.82. The van der Waals surface area contributed by atoms with Gasteiger partial charge in [-0.3, -0.25) is 0 Å². The predicted molar refractivity (Wildman–Crippen MR) is 64.0 cm³/mol. The quantitative estimate of drug-likeness (QED) is 0.826. The average Bonchev–Trinajstić information content (AvgIpc) is 2.89. The summed E-state index contributed by atoms with van der Waals surface area (Å²) in [6.45, 7) is 5.49. The molecule has 1 aliphatic carbocycles. The fourth-order valence-electron chi connectivity index (χ4n) is 2.68. The van der Waals surface area contributed by atoms with Crippen LogP contribution in [-0.4, -0.2) is 26.8 Å². The van der Waals surface area contributed by atoms with Gasteiger partial charge in [0.15, 0.2) is 0 Å². The van der Waals surface area contributed by atoms with Crippen molar-refractivity contribution in [2.75, 3.05) is 0 Å². The minimum absolute atomic E-state index is 0.497. The zero-order chi connectivity index (χ0) is 11.4. The van der Waals surface area contributed by atoms with Crippen LogP contribution < -0.4 is 5.32 Å². The Bertz CT molecular complexity index is 296. The van der Waals surface area contributed by atoms with E-state index in [1.54, 1.807) is 12.7 Å². The molecular weight excluding hydrogens is 200 g/mol. The van der Waals surface area contributed by atoms with Crippen molar-refractivity contribution in [3.05, 3.63) is 12.7 Å². The van der Waals surface area contributed by atoms with Gasteiger partial charge < -0.3 is 9.88 Å². The van der Waals surface area contributed by atoms with Crippen LogP contribution in [0.2, 0.25) is 0 Å². The molecule has 1 saturated carbocycles. The Morgan fingerprint density at radius 2 is 2.12 bits per heavy atom. The van der Waals surface area contributed by atoms with Crippen LogP contribution in [0.5, 0.6) is 0 Å². The molecule has 0 bridgehead atoms. The van der Waals surface area contributed by atoms with Gasteiger partial charge in [0.05, 0.1) is 0 Å². The highest BCUT2D eigenvalue weighted by molar-refractivity contribution is 4.82. The lowest BCUT2D eigenvalue weighted by Crippen LogP contribution is -2.37. The molecule has 0 aromatic carbocycles. The second-order valence-electron chi connectivity index (χ2n) is 5.01. The van der Waals surface area contributed by atoms with Crippen LogP contribution in [0.1, 0.15) is 39.5 Å². The van der Waals surface area contributed by atoms with Crippen molar-refractivity contribution in [3.63, 3.8) is 0 Å². The Hall–Kier alpha value is -0.900. The summed E-state index contributed by atoms with van der Waals surface area (Å²) >= 11 is 0. The van der Waals surface area contributed by atoms with Crippen LogP contribution in [-0.2, 0) is 6.54 Å². The summed E-state index contributed by atoms with van der Waals surface area (Å²) in [7, 11) is 0. The van der Waals surface area contributed by atoms with E-state index in [9.17, 15) is 0 Å². The van der Waals surface area contributed by atoms with Crippen molar-refractivity contribution in [2.45, 2.75) is 58.2 Å². The van der Waals surface area contributed by atoms with Crippen molar-refractivity contribution >= 4 is 0 Å². The number of rotatable bonds is 5. The molecular formula is C12H22N4. The largest absolute Gasteiger partial charge is 0.319 e. The molecule has 16 heavy (non-hydrogen) atoms. The van der Waals surface area contributed by atoms with E-state index in [0.717, 1.165) is 18.5 Å². The normalized spacial score (nSPS) is 27.1. The number of aromatic nitrogens is 3. The summed E-state index contributed by atoms with van der Waals surface area (Å²) in [5.74, 6) is 0.944. The highest BCUT2D eigenvalue weighted by Gasteiger charge is 2.24. The third-order valence-corrected chi connectivity index (χ3v) is 3.59.